The molecule has 0 aliphatic heterocycles. The van der Waals surface area contributed by atoms with Crippen LogP contribution in [0.4, 0.5) is 0 Å². The van der Waals surface area contributed by atoms with Gasteiger partial charge in [-0.25, -0.2) is 0 Å². The Morgan fingerprint density at radius 1 is 1.14 bits per heavy atom. The van der Waals surface area contributed by atoms with Crippen LogP contribution in [0.5, 0.6) is 0 Å². The lowest BCUT2D eigenvalue weighted by atomic mass is 9.71. The second-order valence-corrected chi connectivity index (χ2v) is 7.66. The number of carbonyl (C=O) groups excluding carboxylic acids is 3. The quantitative estimate of drug-likeness (QED) is 0.550. The molecule has 150 valence electrons. The van der Waals surface area contributed by atoms with Crippen LogP contribution in [0.25, 0.3) is 10.9 Å². The summed E-state index contributed by atoms with van der Waals surface area (Å²) in [6, 6.07) is 5.28. The van der Waals surface area contributed by atoms with E-state index in [1.165, 1.54) is 0 Å². The van der Waals surface area contributed by atoms with E-state index >= 15 is 0 Å². The van der Waals surface area contributed by atoms with Gasteiger partial charge in [0.05, 0.1) is 11.7 Å². The standard InChI is InChI=1S/C20H27N5O3/c21-17(26)11-20(7-2-1-3-8-20)13-23-18(27)6-9-22-19(28)14-4-5-15-12-24-25-16(15)10-14/h4-5,10,12H,1-3,6-9,11,13H2,(H2,21,26)(H,22,28)(H,23,27)(H,24,25). The number of aromatic amines is 1. The van der Waals surface area contributed by atoms with Gasteiger partial charge in [0, 0.05) is 36.9 Å². The molecule has 1 aliphatic carbocycles. The zero-order valence-corrected chi connectivity index (χ0v) is 15.9. The predicted molar refractivity (Wildman–Crippen MR) is 105 cm³/mol. The molecular formula is C20H27N5O3. The van der Waals surface area contributed by atoms with Crippen molar-refractivity contribution in [2.75, 3.05) is 13.1 Å². The van der Waals surface area contributed by atoms with Crippen molar-refractivity contribution in [2.24, 2.45) is 11.1 Å². The molecule has 8 nitrogen and oxygen atoms in total. The summed E-state index contributed by atoms with van der Waals surface area (Å²) in [4.78, 5) is 35.8. The molecule has 0 unspecified atom stereocenters. The molecule has 0 saturated heterocycles. The van der Waals surface area contributed by atoms with E-state index in [0.717, 1.165) is 43.0 Å². The Kier molecular flexibility index (Phi) is 6.28. The highest BCUT2D eigenvalue weighted by molar-refractivity contribution is 5.97. The van der Waals surface area contributed by atoms with E-state index in [0.29, 0.717) is 18.5 Å². The number of primary amides is 1. The van der Waals surface area contributed by atoms with Gasteiger partial charge in [0.25, 0.3) is 5.91 Å². The number of aromatic nitrogens is 2. The molecule has 3 amide bonds. The summed E-state index contributed by atoms with van der Waals surface area (Å²) in [7, 11) is 0. The number of H-pyrrole nitrogens is 1. The summed E-state index contributed by atoms with van der Waals surface area (Å²) in [5.74, 6) is -0.696. The van der Waals surface area contributed by atoms with Gasteiger partial charge >= 0.3 is 0 Å². The molecule has 0 atom stereocenters. The lowest BCUT2D eigenvalue weighted by Crippen LogP contribution is -2.42. The summed E-state index contributed by atoms with van der Waals surface area (Å²) in [6.45, 7) is 0.702. The third-order valence-corrected chi connectivity index (χ3v) is 5.47. The van der Waals surface area contributed by atoms with E-state index in [2.05, 4.69) is 20.8 Å². The number of hydrogen-bond donors (Lipinski definition) is 4. The molecule has 1 aliphatic rings. The number of hydrogen-bond acceptors (Lipinski definition) is 4. The molecular weight excluding hydrogens is 358 g/mol. The predicted octanol–water partition coefficient (Wildman–Crippen LogP) is 1.62. The Balaban J connectivity index is 1.44. The molecule has 1 saturated carbocycles. The highest BCUT2D eigenvalue weighted by Crippen LogP contribution is 2.38. The summed E-state index contributed by atoms with van der Waals surface area (Å²) in [5, 5.41) is 13.4. The fourth-order valence-corrected chi connectivity index (χ4v) is 3.93. The van der Waals surface area contributed by atoms with Crippen LogP contribution in [0.2, 0.25) is 0 Å². The number of nitrogens with two attached hydrogens (primary N) is 1. The summed E-state index contributed by atoms with van der Waals surface area (Å²) in [5.41, 5.74) is 6.49. The third-order valence-electron chi connectivity index (χ3n) is 5.47. The van der Waals surface area contributed by atoms with Gasteiger partial charge in [-0.1, -0.05) is 25.3 Å². The maximum absolute atomic E-state index is 12.2. The fourth-order valence-electron chi connectivity index (χ4n) is 3.93. The van der Waals surface area contributed by atoms with E-state index in [4.69, 9.17) is 5.73 Å². The van der Waals surface area contributed by atoms with Crippen LogP contribution in [-0.2, 0) is 9.59 Å². The second kappa shape index (κ2) is 8.86. The number of rotatable bonds is 8. The van der Waals surface area contributed by atoms with Gasteiger partial charge in [-0.2, -0.15) is 5.10 Å². The Morgan fingerprint density at radius 3 is 2.68 bits per heavy atom. The average molecular weight is 385 g/mol. The topological polar surface area (TPSA) is 130 Å². The molecule has 1 fully saturated rings. The van der Waals surface area contributed by atoms with Gasteiger partial charge in [-0.05, 0) is 30.4 Å². The van der Waals surface area contributed by atoms with E-state index in [-0.39, 0.29) is 36.1 Å². The largest absolute Gasteiger partial charge is 0.370 e. The SMILES string of the molecule is NC(=O)CC1(CNC(=O)CCNC(=O)c2ccc3cn[nH]c3c2)CCCCC1. The van der Waals surface area contributed by atoms with Crippen LogP contribution in [0, 0.1) is 5.41 Å². The van der Waals surface area contributed by atoms with E-state index < -0.39 is 0 Å². The van der Waals surface area contributed by atoms with Crippen molar-refractivity contribution < 1.29 is 14.4 Å². The van der Waals surface area contributed by atoms with Crippen LogP contribution in [-0.4, -0.2) is 41.0 Å². The number of nitrogens with one attached hydrogen (secondary N) is 3. The molecule has 1 aromatic carbocycles. The zero-order valence-electron chi connectivity index (χ0n) is 15.9. The maximum atomic E-state index is 12.2. The van der Waals surface area contributed by atoms with Crippen LogP contribution in [0.3, 0.4) is 0 Å². The minimum absolute atomic E-state index is 0.140. The minimum atomic E-state index is -0.322. The first-order chi connectivity index (χ1) is 13.5. The summed E-state index contributed by atoms with van der Waals surface area (Å²) < 4.78 is 0. The van der Waals surface area contributed by atoms with Crippen LogP contribution in [0.1, 0.15) is 55.3 Å². The van der Waals surface area contributed by atoms with E-state index in [1.54, 1.807) is 18.3 Å². The monoisotopic (exact) mass is 385 g/mol. The smallest absolute Gasteiger partial charge is 0.251 e. The normalized spacial score (nSPS) is 15.9. The van der Waals surface area contributed by atoms with Crippen LogP contribution in [0.15, 0.2) is 24.4 Å². The van der Waals surface area contributed by atoms with Gasteiger partial charge in [0.15, 0.2) is 0 Å². The number of nitrogens with zero attached hydrogens (tertiary/aromatic N) is 1. The van der Waals surface area contributed by atoms with Crippen molar-refractivity contribution in [1.82, 2.24) is 20.8 Å². The van der Waals surface area contributed by atoms with Crippen molar-refractivity contribution in [3.63, 3.8) is 0 Å². The number of carbonyl (C=O) groups is 3. The molecule has 0 spiro atoms. The van der Waals surface area contributed by atoms with Crippen molar-refractivity contribution in [3.8, 4) is 0 Å². The van der Waals surface area contributed by atoms with Crippen molar-refractivity contribution in [3.05, 3.63) is 30.0 Å². The number of amides is 3. The van der Waals surface area contributed by atoms with Crippen LogP contribution < -0.4 is 16.4 Å². The summed E-state index contributed by atoms with van der Waals surface area (Å²) >= 11 is 0. The highest BCUT2D eigenvalue weighted by atomic mass is 16.2. The molecule has 1 heterocycles. The van der Waals surface area contributed by atoms with Crippen LogP contribution >= 0.6 is 0 Å². The van der Waals surface area contributed by atoms with Gasteiger partial charge in [-0.15, -0.1) is 0 Å². The number of fused-ring (bicyclic) bond motifs is 1. The highest BCUT2D eigenvalue weighted by Gasteiger charge is 2.33. The molecule has 2 aromatic rings. The van der Waals surface area contributed by atoms with Gasteiger partial charge in [0.2, 0.25) is 11.8 Å². The van der Waals surface area contributed by atoms with E-state index in [9.17, 15) is 14.4 Å². The Hall–Kier alpha value is -2.90. The third kappa shape index (κ3) is 5.09. The lowest BCUT2D eigenvalue weighted by molar-refractivity contribution is -0.124. The average Bonchev–Trinajstić information content (AvgIpc) is 3.14. The van der Waals surface area contributed by atoms with Crippen molar-refractivity contribution in [1.29, 1.82) is 0 Å². The molecule has 0 bridgehead atoms. The molecule has 0 radical (unpaired) electrons. The Morgan fingerprint density at radius 2 is 1.93 bits per heavy atom. The van der Waals surface area contributed by atoms with Gasteiger partial charge < -0.3 is 16.4 Å². The van der Waals surface area contributed by atoms with Gasteiger partial charge in [0.1, 0.15) is 0 Å². The maximum Gasteiger partial charge on any atom is 0.251 e. The first kappa shape index (κ1) is 19.9. The van der Waals surface area contributed by atoms with E-state index in [1.807, 2.05) is 6.07 Å². The van der Waals surface area contributed by atoms with Gasteiger partial charge in [-0.3, -0.25) is 19.5 Å². The molecule has 5 N–H and O–H groups in total. The summed E-state index contributed by atoms with van der Waals surface area (Å²) in [6.07, 6.45) is 7.26. The Bertz CT molecular complexity index is 854. The number of benzene rings is 1. The molecule has 1 aromatic heterocycles. The second-order valence-electron chi connectivity index (χ2n) is 7.66. The molecule has 3 rings (SSSR count). The molecule has 28 heavy (non-hydrogen) atoms. The van der Waals surface area contributed by atoms with Crippen molar-refractivity contribution in [2.45, 2.75) is 44.9 Å². The first-order valence-corrected chi connectivity index (χ1v) is 9.74. The molecule has 8 heteroatoms. The minimum Gasteiger partial charge on any atom is -0.370 e. The Labute approximate surface area is 163 Å². The zero-order chi connectivity index (χ0) is 20.0. The van der Waals surface area contributed by atoms with Crippen molar-refractivity contribution >= 4 is 28.6 Å². The lowest BCUT2D eigenvalue weighted by Gasteiger charge is -2.36. The first-order valence-electron chi connectivity index (χ1n) is 9.74. The fraction of sp³-hybridized carbons (Fsp3) is 0.500.